The van der Waals surface area contributed by atoms with Gasteiger partial charge in [-0.15, -0.1) is 0 Å². The number of rotatable bonds is 5. The summed E-state index contributed by atoms with van der Waals surface area (Å²) in [5, 5.41) is 10.8. The Morgan fingerprint density at radius 3 is 2.45 bits per heavy atom. The van der Waals surface area contributed by atoms with E-state index in [4.69, 9.17) is 9.73 Å². The highest BCUT2D eigenvalue weighted by atomic mass is 79.9. The van der Waals surface area contributed by atoms with Crippen LogP contribution in [0, 0.1) is 0 Å². The molecule has 31 heavy (non-hydrogen) atoms. The van der Waals surface area contributed by atoms with Gasteiger partial charge in [0.2, 0.25) is 0 Å². The van der Waals surface area contributed by atoms with Gasteiger partial charge in [0.15, 0.2) is 16.7 Å². The number of anilines is 1. The summed E-state index contributed by atoms with van der Waals surface area (Å²) >= 11 is 4.66. The smallest absolute Gasteiger partial charge is 0.271 e. The first-order chi connectivity index (χ1) is 15.1. The van der Waals surface area contributed by atoms with Crippen molar-refractivity contribution in [3.8, 4) is 11.5 Å². The van der Waals surface area contributed by atoms with Crippen LogP contribution in [0.5, 0.6) is 11.5 Å². The zero-order valence-corrected chi connectivity index (χ0v) is 19.1. The maximum absolute atomic E-state index is 13.3. The number of amides is 1. The molecule has 0 atom stereocenters. The Balaban J connectivity index is 1.76. The van der Waals surface area contributed by atoms with Crippen LogP contribution in [0.4, 0.5) is 11.4 Å². The summed E-state index contributed by atoms with van der Waals surface area (Å²) in [7, 11) is 0. The van der Waals surface area contributed by atoms with Crippen molar-refractivity contribution < 1.29 is 14.6 Å². The molecule has 1 saturated heterocycles. The number of phenols is 1. The van der Waals surface area contributed by atoms with Crippen LogP contribution in [0.2, 0.25) is 0 Å². The number of para-hydroxylation sites is 2. The van der Waals surface area contributed by atoms with E-state index in [9.17, 15) is 9.90 Å². The van der Waals surface area contributed by atoms with E-state index in [1.165, 1.54) is 11.8 Å². The summed E-state index contributed by atoms with van der Waals surface area (Å²) in [6.07, 6.45) is 1.78. The topological polar surface area (TPSA) is 62.1 Å². The van der Waals surface area contributed by atoms with Crippen molar-refractivity contribution in [2.75, 3.05) is 11.5 Å². The molecule has 0 spiro atoms. The van der Waals surface area contributed by atoms with Crippen molar-refractivity contribution in [3.63, 3.8) is 0 Å². The molecule has 1 fully saturated rings. The molecule has 0 aromatic heterocycles. The van der Waals surface area contributed by atoms with E-state index in [0.717, 1.165) is 16.9 Å². The van der Waals surface area contributed by atoms with Crippen molar-refractivity contribution in [2.45, 2.75) is 6.92 Å². The predicted octanol–water partition coefficient (Wildman–Crippen LogP) is 6.36. The number of hydrogen-bond donors (Lipinski definition) is 1. The first-order valence-corrected chi connectivity index (χ1v) is 11.3. The summed E-state index contributed by atoms with van der Waals surface area (Å²) in [5.41, 5.74) is 2.25. The minimum atomic E-state index is -0.159. The highest BCUT2D eigenvalue weighted by Gasteiger charge is 2.34. The van der Waals surface area contributed by atoms with Crippen molar-refractivity contribution in [2.24, 2.45) is 4.99 Å². The summed E-state index contributed by atoms with van der Waals surface area (Å²) in [6, 6.07) is 22.5. The molecule has 3 aromatic rings. The van der Waals surface area contributed by atoms with Gasteiger partial charge in [-0.3, -0.25) is 9.69 Å². The summed E-state index contributed by atoms with van der Waals surface area (Å²) in [6.45, 7) is 2.27. The lowest BCUT2D eigenvalue weighted by atomic mass is 10.2. The lowest BCUT2D eigenvalue weighted by Crippen LogP contribution is -2.28. The number of aromatic hydroxyl groups is 1. The van der Waals surface area contributed by atoms with Gasteiger partial charge < -0.3 is 9.84 Å². The van der Waals surface area contributed by atoms with Crippen molar-refractivity contribution >= 4 is 56.2 Å². The van der Waals surface area contributed by atoms with Gasteiger partial charge in [-0.05, 0) is 82.7 Å². The van der Waals surface area contributed by atoms with Gasteiger partial charge in [0.25, 0.3) is 5.91 Å². The number of thioether (sulfide) groups is 1. The summed E-state index contributed by atoms with van der Waals surface area (Å²) < 4.78 is 6.00. The fourth-order valence-electron chi connectivity index (χ4n) is 3.06. The molecule has 4 rings (SSSR count). The Hall–Kier alpha value is -3.03. The van der Waals surface area contributed by atoms with Crippen LogP contribution in [-0.2, 0) is 4.79 Å². The van der Waals surface area contributed by atoms with Gasteiger partial charge in [-0.2, -0.15) is 0 Å². The molecule has 7 heteroatoms. The number of amidine groups is 1. The summed E-state index contributed by atoms with van der Waals surface area (Å²) in [4.78, 5) is 20.2. The maximum Gasteiger partial charge on any atom is 0.271 e. The van der Waals surface area contributed by atoms with Crippen LogP contribution in [0.25, 0.3) is 6.08 Å². The lowest BCUT2D eigenvalue weighted by Gasteiger charge is -2.15. The first-order valence-electron chi connectivity index (χ1n) is 9.65. The maximum atomic E-state index is 13.3. The highest BCUT2D eigenvalue weighted by Crippen LogP contribution is 2.40. The molecule has 0 unspecified atom stereocenters. The molecule has 0 aliphatic carbocycles. The average molecular weight is 495 g/mol. The minimum Gasteiger partial charge on any atom is -0.503 e. The third-order valence-electron chi connectivity index (χ3n) is 4.45. The highest BCUT2D eigenvalue weighted by molar-refractivity contribution is 9.10. The normalized spacial score (nSPS) is 16.3. The van der Waals surface area contributed by atoms with E-state index in [0.29, 0.717) is 26.9 Å². The predicted molar refractivity (Wildman–Crippen MR) is 130 cm³/mol. The van der Waals surface area contributed by atoms with Gasteiger partial charge in [0.1, 0.15) is 0 Å². The average Bonchev–Trinajstić information content (AvgIpc) is 3.07. The van der Waals surface area contributed by atoms with Gasteiger partial charge in [-0.1, -0.05) is 36.4 Å². The molecule has 1 aliphatic heterocycles. The van der Waals surface area contributed by atoms with Crippen molar-refractivity contribution in [3.05, 3.63) is 87.7 Å². The van der Waals surface area contributed by atoms with Crippen molar-refractivity contribution in [1.29, 1.82) is 0 Å². The number of ether oxygens (including phenoxy) is 1. The van der Waals surface area contributed by atoms with E-state index in [-0.39, 0.29) is 11.7 Å². The minimum absolute atomic E-state index is 0.0339. The fourth-order valence-corrected chi connectivity index (χ4v) is 4.52. The molecule has 1 heterocycles. The van der Waals surface area contributed by atoms with Crippen LogP contribution in [0.1, 0.15) is 12.5 Å². The zero-order chi connectivity index (χ0) is 21.8. The van der Waals surface area contributed by atoms with Gasteiger partial charge in [0.05, 0.1) is 27.4 Å². The SMILES string of the molecule is CCOc1cc(/C=C2\SC(=Nc3ccccc3)N(c3ccccc3)C2=O)cc(Br)c1O. The number of nitrogens with zero attached hydrogens (tertiary/aromatic N) is 2. The molecule has 3 aromatic carbocycles. The number of carbonyl (C=O) groups excluding carboxylic acids is 1. The number of carbonyl (C=O) groups is 1. The molecule has 1 N–H and O–H groups in total. The third kappa shape index (κ3) is 4.68. The van der Waals surface area contributed by atoms with Gasteiger partial charge in [0, 0.05) is 0 Å². The Morgan fingerprint density at radius 2 is 1.77 bits per heavy atom. The standard InChI is InChI=1S/C24H19BrN2O3S/c1-2-30-20-14-16(13-19(25)22(20)28)15-21-23(29)27(18-11-7-4-8-12-18)24(31-21)26-17-9-5-3-6-10-17/h3-15,28H,2H2,1H3/b21-15-,26-24?. The quantitative estimate of drug-likeness (QED) is 0.419. The molecular weight excluding hydrogens is 476 g/mol. The molecule has 0 saturated carbocycles. The number of halogens is 1. The third-order valence-corrected chi connectivity index (χ3v) is 6.02. The van der Waals surface area contributed by atoms with Crippen LogP contribution in [0.3, 0.4) is 0 Å². The van der Waals surface area contributed by atoms with Gasteiger partial charge >= 0.3 is 0 Å². The second kappa shape index (κ2) is 9.41. The number of phenolic OH excluding ortho intramolecular Hbond substituents is 1. The van der Waals surface area contributed by atoms with E-state index >= 15 is 0 Å². The first kappa shape index (κ1) is 21.2. The van der Waals surface area contributed by atoms with Crippen LogP contribution in [-0.4, -0.2) is 22.8 Å². The Morgan fingerprint density at radius 1 is 1.10 bits per heavy atom. The molecule has 1 amide bonds. The molecular formula is C24H19BrN2O3S. The molecule has 0 radical (unpaired) electrons. The molecule has 1 aliphatic rings. The van der Waals surface area contributed by atoms with E-state index in [2.05, 4.69) is 15.9 Å². The molecule has 156 valence electrons. The van der Waals surface area contributed by atoms with E-state index < -0.39 is 0 Å². The number of benzene rings is 3. The Labute approximate surface area is 193 Å². The number of aliphatic imine (C=N–C) groups is 1. The van der Waals surface area contributed by atoms with Crippen LogP contribution < -0.4 is 9.64 Å². The number of hydrogen-bond acceptors (Lipinski definition) is 5. The van der Waals surface area contributed by atoms with Gasteiger partial charge in [-0.25, -0.2) is 4.99 Å². The molecule has 5 nitrogen and oxygen atoms in total. The largest absolute Gasteiger partial charge is 0.503 e. The second-order valence-corrected chi connectivity index (χ2v) is 8.46. The zero-order valence-electron chi connectivity index (χ0n) is 16.7. The fraction of sp³-hybridized carbons (Fsp3) is 0.0833. The molecule has 0 bridgehead atoms. The van der Waals surface area contributed by atoms with E-state index in [1.54, 1.807) is 23.1 Å². The van der Waals surface area contributed by atoms with Crippen LogP contribution in [0.15, 0.2) is 87.2 Å². The second-order valence-electron chi connectivity index (χ2n) is 6.60. The Bertz CT molecular complexity index is 1160. The lowest BCUT2D eigenvalue weighted by molar-refractivity contribution is -0.113. The summed E-state index contributed by atoms with van der Waals surface area (Å²) in [5.74, 6) is 0.233. The van der Waals surface area contributed by atoms with Crippen molar-refractivity contribution in [1.82, 2.24) is 0 Å². The Kier molecular flexibility index (Phi) is 6.44. The van der Waals surface area contributed by atoms with Crippen LogP contribution >= 0.6 is 27.7 Å². The monoisotopic (exact) mass is 494 g/mol. The van der Waals surface area contributed by atoms with E-state index in [1.807, 2.05) is 67.6 Å².